The number of imidazole rings is 1. The molecule has 5 aromatic rings. The normalized spacial score (nSPS) is 19.4. The smallest absolute Gasteiger partial charge is 0.411 e. The van der Waals surface area contributed by atoms with Gasteiger partial charge in [-0.05, 0) is 82.9 Å². The predicted octanol–water partition coefficient (Wildman–Crippen LogP) is 6.06. The molecular weight excluding hydrogens is 587 g/mol. The van der Waals surface area contributed by atoms with Crippen LogP contribution in [0.25, 0.3) is 28.1 Å². The second-order valence-corrected chi connectivity index (χ2v) is 12.8. The Morgan fingerprint density at radius 3 is 2.40 bits per heavy atom. The standard InChI is InChI=1S/C32H32F3N7O3/c1-16-13-18(14-17(2)25(16)33)42-29(24-21-8-10-23(27(35)28(24)37-42)41(21)31(44)45-32(3,4)5)40-12-11-39(30(40)43)22-9-7-20-19(26(22)34)15-36-38(20)6/h7,9,11-15,21,23,27H,8,10H2,1-6H3/t21?,23?,27-/m0/s1. The fourth-order valence-electron chi connectivity index (χ4n) is 6.68. The fourth-order valence-corrected chi connectivity index (χ4v) is 6.68. The van der Waals surface area contributed by atoms with Crippen LogP contribution < -0.4 is 5.69 Å². The molecule has 234 valence electrons. The number of carbonyl (C=O) groups is 1. The molecule has 10 nitrogen and oxygen atoms in total. The number of aryl methyl sites for hydroxylation is 3. The Bertz CT molecular complexity index is 2060. The van der Waals surface area contributed by atoms with Crippen LogP contribution in [-0.2, 0) is 11.8 Å². The summed E-state index contributed by atoms with van der Waals surface area (Å²) in [5.41, 5.74) is 0.652. The van der Waals surface area contributed by atoms with Crippen molar-refractivity contribution >= 4 is 17.0 Å². The highest BCUT2D eigenvalue weighted by Crippen LogP contribution is 2.52. The number of fused-ring (bicyclic) bond motifs is 5. The number of benzene rings is 2. The molecule has 0 saturated carbocycles. The largest absolute Gasteiger partial charge is 0.444 e. The first kappa shape index (κ1) is 28.9. The zero-order valence-corrected chi connectivity index (χ0v) is 25.7. The first-order valence-electron chi connectivity index (χ1n) is 14.7. The summed E-state index contributed by atoms with van der Waals surface area (Å²) < 4.78 is 57.8. The van der Waals surface area contributed by atoms with Crippen LogP contribution in [0.4, 0.5) is 18.0 Å². The molecule has 2 aliphatic rings. The number of alkyl halides is 1. The third kappa shape index (κ3) is 4.31. The second kappa shape index (κ2) is 9.85. The Morgan fingerprint density at radius 1 is 1.02 bits per heavy atom. The Balaban J connectivity index is 1.46. The third-order valence-electron chi connectivity index (χ3n) is 8.67. The lowest BCUT2D eigenvalue weighted by molar-refractivity contribution is 0.00106. The van der Waals surface area contributed by atoms with Crippen LogP contribution in [0.1, 0.15) is 68.2 Å². The van der Waals surface area contributed by atoms with E-state index in [0.29, 0.717) is 40.7 Å². The topological polar surface area (TPSA) is 92.1 Å². The SMILES string of the molecule is Cc1cc(-n2nc3c(c2-n2ccn(-c4ccc5c(cnn5C)c4F)c2=O)C2CCC([C@@H]3F)N2C(=O)OC(C)(C)C)cc(C)c1F. The lowest BCUT2D eigenvalue weighted by Gasteiger charge is -2.37. The van der Waals surface area contributed by atoms with Gasteiger partial charge < -0.3 is 4.74 Å². The van der Waals surface area contributed by atoms with Crippen molar-refractivity contribution in [1.82, 2.24) is 33.6 Å². The van der Waals surface area contributed by atoms with Crippen molar-refractivity contribution in [2.75, 3.05) is 0 Å². The molecule has 0 radical (unpaired) electrons. The van der Waals surface area contributed by atoms with Gasteiger partial charge in [0.2, 0.25) is 0 Å². The van der Waals surface area contributed by atoms with Gasteiger partial charge in [0.05, 0.1) is 40.6 Å². The number of rotatable bonds is 3. The summed E-state index contributed by atoms with van der Waals surface area (Å²) in [6.45, 7) is 8.43. The van der Waals surface area contributed by atoms with Crippen molar-refractivity contribution in [3.63, 3.8) is 0 Å². The zero-order chi connectivity index (χ0) is 32.1. The van der Waals surface area contributed by atoms with Gasteiger partial charge in [0.15, 0.2) is 12.0 Å². The maximum absolute atomic E-state index is 16.4. The van der Waals surface area contributed by atoms with E-state index >= 15 is 8.78 Å². The van der Waals surface area contributed by atoms with E-state index < -0.39 is 41.5 Å². The number of hydrogen-bond donors (Lipinski definition) is 0. The lowest BCUT2D eigenvalue weighted by Crippen LogP contribution is -2.45. The van der Waals surface area contributed by atoms with E-state index in [-0.39, 0.29) is 28.4 Å². The first-order chi connectivity index (χ1) is 21.3. The van der Waals surface area contributed by atoms with Crippen LogP contribution >= 0.6 is 0 Å². The molecule has 5 heterocycles. The molecule has 2 aliphatic heterocycles. The highest BCUT2D eigenvalue weighted by molar-refractivity contribution is 5.81. The Morgan fingerprint density at radius 2 is 1.71 bits per heavy atom. The average molecular weight is 620 g/mol. The van der Waals surface area contributed by atoms with Gasteiger partial charge in [-0.25, -0.2) is 27.4 Å². The van der Waals surface area contributed by atoms with Crippen LogP contribution in [-0.4, -0.2) is 51.3 Å². The molecule has 2 bridgehead atoms. The Labute approximate surface area is 256 Å². The number of nitrogens with zero attached hydrogens (tertiary/aromatic N) is 7. The minimum atomic E-state index is -1.67. The number of halogens is 3. The highest BCUT2D eigenvalue weighted by atomic mass is 19.1. The zero-order valence-electron chi connectivity index (χ0n) is 25.7. The van der Waals surface area contributed by atoms with Crippen molar-refractivity contribution in [3.05, 3.63) is 87.4 Å². The molecule has 1 fully saturated rings. The molecule has 2 unspecified atom stereocenters. The number of aromatic nitrogens is 6. The highest BCUT2D eigenvalue weighted by Gasteiger charge is 2.53. The quantitative estimate of drug-likeness (QED) is 0.245. The van der Waals surface area contributed by atoms with Crippen LogP contribution in [0.5, 0.6) is 0 Å². The molecule has 2 aromatic carbocycles. The molecule has 0 N–H and O–H groups in total. The Hall–Kier alpha value is -4.81. The van der Waals surface area contributed by atoms with E-state index in [1.165, 1.54) is 43.5 Å². The van der Waals surface area contributed by atoms with Gasteiger partial charge in [-0.15, -0.1) is 0 Å². The van der Waals surface area contributed by atoms with Crippen LogP contribution in [0, 0.1) is 25.5 Å². The van der Waals surface area contributed by atoms with Crippen molar-refractivity contribution in [2.24, 2.45) is 7.05 Å². The minimum absolute atomic E-state index is 0.00679. The molecule has 7 rings (SSSR count). The van der Waals surface area contributed by atoms with Gasteiger partial charge in [-0.2, -0.15) is 10.2 Å². The third-order valence-corrected chi connectivity index (χ3v) is 8.67. The van der Waals surface area contributed by atoms with Crippen LogP contribution in [0.3, 0.4) is 0 Å². The summed E-state index contributed by atoms with van der Waals surface area (Å²) in [5.74, 6) is -0.830. The molecule has 3 aromatic heterocycles. The van der Waals surface area contributed by atoms with Gasteiger partial charge >= 0.3 is 11.8 Å². The average Bonchev–Trinajstić information content (AvgIpc) is 3.73. The molecule has 1 saturated heterocycles. The van der Waals surface area contributed by atoms with Gasteiger partial charge in [0.1, 0.15) is 22.9 Å². The summed E-state index contributed by atoms with van der Waals surface area (Å²) >= 11 is 0. The first-order valence-corrected chi connectivity index (χ1v) is 14.7. The van der Waals surface area contributed by atoms with E-state index in [1.807, 2.05) is 0 Å². The molecule has 3 atom stereocenters. The maximum atomic E-state index is 16.4. The molecule has 13 heteroatoms. The van der Waals surface area contributed by atoms with Gasteiger partial charge in [-0.1, -0.05) is 0 Å². The lowest BCUT2D eigenvalue weighted by atomic mass is 9.98. The molecule has 0 spiro atoms. The van der Waals surface area contributed by atoms with E-state index in [9.17, 15) is 14.0 Å². The van der Waals surface area contributed by atoms with Crippen molar-refractivity contribution in [3.8, 4) is 17.2 Å². The monoisotopic (exact) mass is 619 g/mol. The second-order valence-electron chi connectivity index (χ2n) is 12.8. The molecule has 45 heavy (non-hydrogen) atoms. The summed E-state index contributed by atoms with van der Waals surface area (Å²) in [6, 6.07) is 4.86. The number of amides is 1. The molecular formula is C32H32F3N7O3. The molecule has 0 aliphatic carbocycles. The summed E-state index contributed by atoms with van der Waals surface area (Å²) in [7, 11) is 1.69. The van der Waals surface area contributed by atoms with E-state index in [4.69, 9.17) is 4.74 Å². The van der Waals surface area contributed by atoms with Crippen molar-refractivity contribution < 1.29 is 22.7 Å². The predicted molar refractivity (Wildman–Crippen MR) is 160 cm³/mol. The maximum Gasteiger partial charge on any atom is 0.411 e. The van der Waals surface area contributed by atoms with E-state index in [2.05, 4.69) is 10.2 Å². The summed E-state index contributed by atoms with van der Waals surface area (Å²) in [5, 5.41) is 9.03. The van der Waals surface area contributed by atoms with Crippen molar-refractivity contribution in [1.29, 1.82) is 0 Å². The Kier molecular flexibility index (Phi) is 6.33. The van der Waals surface area contributed by atoms with Gasteiger partial charge in [-0.3, -0.25) is 18.7 Å². The summed E-state index contributed by atoms with van der Waals surface area (Å²) in [6.07, 6.45) is 2.74. The van der Waals surface area contributed by atoms with Gasteiger partial charge in [0, 0.05) is 25.0 Å². The number of carbonyl (C=O) groups excluding carboxylic acids is 1. The van der Waals surface area contributed by atoms with E-state index in [0.717, 1.165) is 4.57 Å². The van der Waals surface area contributed by atoms with Crippen LogP contribution in [0.15, 0.2) is 47.7 Å². The summed E-state index contributed by atoms with van der Waals surface area (Å²) in [4.78, 5) is 29.0. The van der Waals surface area contributed by atoms with Gasteiger partial charge in [0.25, 0.3) is 0 Å². The number of hydrogen-bond acceptors (Lipinski definition) is 5. The minimum Gasteiger partial charge on any atom is -0.444 e. The number of ether oxygens (including phenoxy) is 1. The van der Waals surface area contributed by atoms with Crippen molar-refractivity contribution in [2.45, 2.75) is 71.3 Å². The molecule has 1 amide bonds. The fraction of sp³-hybridized carbons (Fsp3) is 0.375. The van der Waals surface area contributed by atoms with Crippen LogP contribution in [0.2, 0.25) is 0 Å². The van der Waals surface area contributed by atoms with E-state index in [1.54, 1.807) is 59.9 Å².